The molecule has 0 heterocycles. The van der Waals surface area contributed by atoms with E-state index in [1.165, 1.54) is 16.7 Å². The number of allylic oxidation sites excluding steroid dienone is 4. The quantitative estimate of drug-likeness (QED) is 0.493. The summed E-state index contributed by atoms with van der Waals surface area (Å²) in [5.41, 5.74) is 4.50. The third-order valence-electron chi connectivity index (χ3n) is 2.40. The molecule has 0 aromatic rings. The maximum absolute atomic E-state index is 2.28. The Morgan fingerprint density at radius 3 is 1.64 bits per heavy atom. The molecule has 1 atom stereocenters. The van der Waals surface area contributed by atoms with Gasteiger partial charge in [0.2, 0.25) is 0 Å². The van der Waals surface area contributed by atoms with Crippen molar-refractivity contribution in [2.75, 3.05) is 0 Å². The zero-order chi connectivity index (χ0) is 9.02. The Bertz CT molecular complexity index is 182. The molecule has 0 saturated carbocycles. The summed E-state index contributed by atoms with van der Waals surface area (Å²) in [6.07, 6.45) is 2.28. The second-order valence-electron chi connectivity index (χ2n) is 2.98. The van der Waals surface area contributed by atoms with E-state index in [9.17, 15) is 0 Å². The number of hydrogen-bond donors (Lipinski definition) is 0. The van der Waals surface area contributed by atoms with Crippen molar-refractivity contribution in [2.24, 2.45) is 5.92 Å². The highest BCUT2D eigenvalue weighted by Crippen LogP contribution is 2.29. The zero-order valence-corrected chi connectivity index (χ0v) is 8.65. The number of rotatable bonds is 0. The Morgan fingerprint density at radius 2 is 1.55 bits per heavy atom. The van der Waals surface area contributed by atoms with Crippen molar-refractivity contribution >= 4 is 0 Å². The van der Waals surface area contributed by atoms with Gasteiger partial charge in [0.15, 0.2) is 0 Å². The van der Waals surface area contributed by atoms with E-state index < -0.39 is 0 Å². The average Bonchev–Trinajstić information content (AvgIpc) is 2.22. The fourth-order valence-electron chi connectivity index (χ4n) is 1.26. The highest BCUT2D eigenvalue weighted by atomic mass is 14.2. The van der Waals surface area contributed by atoms with Crippen LogP contribution in [0.25, 0.3) is 0 Å². The summed E-state index contributed by atoms with van der Waals surface area (Å²) < 4.78 is 0. The van der Waals surface area contributed by atoms with Crippen molar-refractivity contribution in [3.05, 3.63) is 22.8 Å². The molecule has 1 aliphatic carbocycles. The molecular weight excluding hydrogens is 132 g/mol. The molecule has 1 unspecified atom stereocenters. The highest BCUT2D eigenvalue weighted by molar-refractivity contribution is 5.38. The average molecular weight is 152 g/mol. The third kappa shape index (κ3) is 2.21. The lowest BCUT2D eigenvalue weighted by atomic mass is 10.0. The van der Waals surface area contributed by atoms with Crippen molar-refractivity contribution in [2.45, 2.75) is 41.5 Å². The molecule has 0 aromatic carbocycles. The molecule has 1 rings (SSSR count). The molecule has 64 valence electrons. The first-order chi connectivity index (χ1) is 5.13. The van der Waals surface area contributed by atoms with Crippen LogP contribution in [0.15, 0.2) is 22.8 Å². The van der Waals surface area contributed by atoms with Gasteiger partial charge in [-0.15, -0.1) is 0 Å². The molecule has 0 aliphatic heterocycles. The smallest absolute Gasteiger partial charge is 0.00180 e. The van der Waals surface area contributed by atoms with Gasteiger partial charge in [-0.25, -0.2) is 0 Å². The maximum Gasteiger partial charge on any atom is -0.00180 e. The van der Waals surface area contributed by atoms with Gasteiger partial charge in [-0.2, -0.15) is 0 Å². The molecule has 1 aliphatic rings. The molecule has 0 saturated heterocycles. The van der Waals surface area contributed by atoms with Crippen molar-refractivity contribution in [3.63, 3.8) is 0 Å². The van der Waals surface area contributed by atoms with E-state index >= 15 is 0 Å². The van der Waals surface area contributed by atoms with Crippen molar-refractivity contribution < 1.29 is 0 Å². The van der Waals surface area contributed by atoms with Crippen molar-refractivity contribution in [1.82, 2.24) is 0 Å². The van der Waals surface area contributed by atoms with Crippen LogP contribution in [0.1, 0.15) is 41.5 Å². The summed E-state index contributed by atoms with van der Waals surface area (Å²) in [5.74, 6) is 0.699. The Morgan fingerprint density at radius 1 is 1.09 bits per heavy atom. The minimum atomic E-state index is 0.699. The second-order valence-corrected chi connectivity index (χ2v) is 2.98. The van der Waals surface area contributed by atoms with Gasteiger partial charge in [0.25, 0.3) is 0 Å². The Labute approximate surface area is 71.0 Å². The van der Waals surface area contributed by atoms with Crippen LogP contribution in [0.5, 0.6) is 0 Å². The van der Waals surface area contributed by atoms with Gasteiger partial charge < -0.3 is 0 Å². The van der Waals surface area contributed by atoms with Gasteiger partial charge in [0.1, 0.15) is 0 Å². The van der Waals surface area contributed by atoms with Gasteiger partial charge in [-0.1, -0.05) is 43.6 Å². The minimum absolute atomic E-state index is 0.699. The van der Waals surface area contributed by atoms with E-state index in [2.05, 4.69) is 33.8 Å². The predicted molar refractivity (Wildman–Crippen MR) is 52.6 cm³/mol. The molecule has 0 radical (unpaired) electrons. The summed E-state index contributed by atoms with van der Waals surface area (Å²) in [6.45, 7) is 12.9. The molecule has 0 heteroatoms. The van der Waals surface area contributed by atoms with E-state index in [0.29, 0.717) is 5.92 Å². The Balaban J connectivity index is 0.000000461. The van der Waals surface area contributed by atoms with Crippen molar-refractivity contribution in [1.29, 1.82) is 0 Å². The summed E-state index contributed by atoms with van der Waals surface area (Å²) in [7, 11) is 0. The van der Waals surface area contributed by atoms with Crippen LogP contribution in [-0.2, 0) is 0 Å². The van der Waals surface area contributed by atoms with Gasteiger partial charge in [-0.3, -0.25) is 0 Å². The molecule has 11 heavy (non-hydrogen) atoms. The standard InChI is InChI=1S/C9H14.C2H6/c1-6-5-7(2)9(4)8(6)3;1-2/h5,8H,1-4H3;1-2H3. The number of hydrogen-bond acceptors (Lipinski definition) is 0. The molecule has 0 spiro atoms. The van der Waals surface area contributed by atoms with E-state index in [0.717, 1.165) is 0 Å². The molecule has 0 fully saturated rings. The zero-order valence-electron chi connectivity index (χ0n) is 8.65. The van der Waals surface area contributed by atoms with Crippen LogP contribution in [-0.4, -0.2) is 0 Å². The molecule has 0 N–H and O–H groups in total. The SMILES string of the molecule is CC.CC1=CC(C)=C(C)C1C. The fraction of sp³-hybridized carbons (Fsp3) is 0.636. The molecule has 0 aromatic heterocycles. The van der Waals surface area contributed by atoms with Crippen LogP contribution in [0.2, 0.25) is 0 Å². The minimum Gasteiger partial charge on any atom is -0.0683 e. The van der Waals surface area contributed by atoms with Gasteiger partial charge in [-0.05, 0) is 26.7 Å². The molecule has 0 nitrogen and oxygen atoms in total. The summed E-state index contributed by atoms with van der Waals surface area (Å²) in [5, 5.41) is 0. The molecular formula is C11H20. The lowest BCUT2D eigenvalue weighted by molar-refractivity contribution is 0.817. The van der Waals surface area contributed by atoms with E-state index in [4.69, 9.17) is 0 Å². The lowest BCUT2D eigenvalue weighted by Gasteiger charge is -2.05. The van der Waals surface area contributed by atoms with Crippen LogP contribution < -0.4 is 0 Å². The van der Waals surface area contributed by atoms with Gasteiger partial charge >= 0.3 is 0 Å². The normalized spacial score (nSPS) is 22.7. The van der Waals surface area contributed by atoms with Crippen LogP contribution in [0.4, 0.5) is 0 Å². The first kappa shape index (κ1) is 10.5. The molecule has 0 amide bonds. The van der Waals surface area contributed by atoms with E-state index in [-0.39, 0.29) is 0 Å². The lowest BCUT2D eigenvalue weighted by Crippen LogP contribution is -1.91. The van der Waals surface area contributed by atoms with Crippen LogP contribution in [0, 0.1) is 5.92 Å². The van der Waals surface area contributed by atoms with Gasteiger partial charge in [0.05, 0.1) is 0 Å². The fourth-order valence-corrected chi connectivity index (χ4v) is 1.26. The summed E-state index contributed by atoms with van der Waals surface area (Å²) in [6, 6.07) is 0. The third-order valence-corrected chi connectivity index (χ3v) is 2.40. The monoisotopic (exact) mass is 152 g/mol. The van der Waals surface area contributed by atoms with E-state index in [1.807, 2.05) is 13.8 Å². The largest absolute Gasteiger partial charge is 0.0683 e. The Kier molecular flexibility index (Phi) is 4.17. The highest BCUT2D eigenvalue weighted by Gasteiger charge is 2.13. The topological polar surface area (TPSA) is 0 Å². The Hall–Kier alpha value is -0.520. The maximum atomic E-state index is 2.28. The predicted octanol–water partition coefficient (Wildman–Crippen LogP) is 3.95. The molecule has 0 bridgehead atoms. The van der Waals surface area contributed by atoms with Crippen LogP contribution >= 0.6 is 0 Å². The van der Waals surface area contributed by atoms with Crippen LogP contribution in [0.3, 0.4) is 0 Å². The first-order valence-corrected chi connectivity index (χ1v) is 4.48. The summed E-state index contributed by atoms with van der Waals surface area (Å²) >= 11 is 0. The second kappa shape index (κ2) is 4.38. The summed E-state index contributed by atoms with van der Waals surface area (Å²) in [4.78, 5) is 0. The van der Waals surface area contributed by atoms with Gasteiger partial charge in [0, 0.05) is 0 Å². The first-order valence-electron chi connectivity index (χ1n) is 4.48. The van der Waals surface area contributed by atoms with E-state index in [1.54, 1.807) is 0 Å². The van der Waals surface area contributed by atoms with Crippen molar-refractivity contribution in [3.8, 4) is 0 Å².